The monoisotopic (exact) mass is 240 g/mol. The summed E-state index contributed by atoms with van der Waals surface area (Å²) in [5.74, 6) is 0. The van der Waals surface area contributed by atoms with E-state index in [4.69, 9.17) is 17.3 Å². The second-order valence-corrected chi connectivity index (χ2v) is 5.85. The van der Waals surface area contributed by atoms with Crippen LogP contribution in [0.15, 0.2) is 18.2 Å². The zero-order valence-electron chi connectivity index (χ0n) is 8.75. The maximum absolute atomic E-state index is 6.08. The van der Waals surface area contributed by atoms with Gasteiger partial charge in [0.25, 0.3) is 0 Å². The molecule has 2 aromatic rings. The van der Waals surface area contributed by atoms with Crippen LogP contribution < -0.4 is 5.73 Å². The molecule has 0 radical (unpaired) electrons. The summed E-state index contributed by atoms with van der Waals surface area (Å²) in [6, 6.07) is 5.78. The van der Waals surface area contributed by atoms with Crippen LogP contribution in [0.2, 0.25) is 5.02 Å². The van der Waals surface area contributed by atoms with Crippen molar-refractivity contribution < 1.29 is 0 Å². The number of fused-ring (bicyclic) bond motifs is 1. The minimum absolute atomic E-state index is 0.222. The predicted octanol–water partition coefficient (Wildman–Crippen LogP) is 3.23. The van der Waals surface area contributed by atoms with E-state index in [0.29, 0.717) is 0 Å². The highest BCUT2D eigenvalue weighted by Crippen LogP contribution is 2.30. The van der Waals surface area contributed by atoms with Crippen LogP contribution in [-0.4, -0.2) is 10.5 Å². The second kappa shape index (κ2) is 3.74. The second-order valence-electron chi connectivity index (χ2n) is 4.36. The summed E-state index contributed by atoms with van der Waals surface area (Å²) in [7, 11) is 0. The highest BCUT2D eigenvalue weighted by Gasteiger charge is 2.15. The number of hydrogen-bond acceptors (Lipinski definition) is 3. The number of nitrogens with zero attached hydrogens (tertiary/aromatic N) is 1. The minimum Gasteiger partial charge on any atom is -0.325 e. The smallest absolute Gasteiger partial charge is 0.0957 e. The summed E-state index contributed by atoms with van der Waals surface area (Å²) >= 11 is 7.71. The molecule has 0 saturated carbocycles. The number of aromatic nitrogens is 1. The molecule has 15 heavy (non-hydrogen) atoms. The van der Waals surface area contributed by atoms with E-state index in [1.165, 1.54) is 0 Å². The molecule has 0 aliphatic rings. The van der Waals surface area contributed by atoms with Crippen molar-refractivity contribution in [1.29, 1.82) is 0 Å². The van der Waals surface area contributed by atoms with E-state index in [1.54, 1.807) is 11.3 Å². The van der Waals surface area contributed by atoms with Gasteiger partial charge in [-0.3, -0.25) is 0 Å². The van der Waals surface area contributed by atoms with Crippen LogP contribution in [0.4, 0.5) is 0 Å². The first-order chi connectivity index (χ1) is 6.96. The van der Waals surface area contributed by atoms with Crippen molar-refractivity contribution in [3.8, 4) is 0 Å². The average molecular weight is 241 g/mol. The first-order valence-electron chi connectivity index (χ1n) is 4.78. The van der Waals surface area contributed by atoms with E-state index in [2.05, 4.69) is 4.98 Å². The van der Waals surface area contributed by atoms with Gasteiger partial charge in [0, 0.05) is 12.0 Å². The standard InChI is InChI=1S/C11H13ClN2S/c1-11(2,13)6-9-14-8-5-3-4-7(12)10(8)15-9/h3-5H,6,13H2,1-2H3. The molecular weight excluding hydrogens is 228 g/mol. The number of benzene rings is 1. The zero-order valence-corrected chi connectivity index (χ0v) is 10.3. The summed E-state index contributed by atoms with van der Waals surface area (Å²) in [6.07, 6.45) is 0.780. The van der Waals surface area contributed by atoms with Gasteiger partial charge in [-0.05, 0) is 26.0 Å². The number of halogens is 1. The van der Waals surface area contributed by atoms with Crippen LogP contribution in [0.5, 0.6) is 0 Å². The molecule has 1 aromatic carbocycles. The van der Waals surface area contributed by atoms with Gasteiger partial charge >= 0.3 is 0 Å². The van der Waals surface area contributed by atoms with Crippen LogP contribution in [0.25, 0.3) is 10.2 Å². The molecule has 0 unspecified atom stereocenters. The van der Waals surface area contributed by atoms with Crippen LogP contribution in [0, 0.1) is 0 Å². The van der Waals surface area contributed by atoms with Crippen LogP contribution in [0.3, 0.4) is 0 Å². The first-order valence-corrected chi connectivity index (χ1v) is 5.98. The Hall–Kier alpha value is -0.640. The Balaban J connectivity index is 2.44. The van der Waals surface area contributed by atoms with Crippen LogP contribution in [0.1, 0.15) is 18.9 Å². The lowest BCUT2D eigenvalue weighted by Crippen LogP contribution is -2.34. The molecule has 0 spiro atoms. The molecule has 1 heterocycles. The van der Waals surface area contributed by atoms with E-state index >= 15 is 0 Å². The Morgan fingerprint density at radius 3 is 2.80 bits per heavy atom. The van der Waals surface area contributed by atoms with Gasteiger partial charge < -0.3 is 5.73 Å². The molecule has 2 N–H and O–H groups in total. The van der Waals surface area contributed by atoms with E-state index in [0.717, 1.165) is 26.7 Å². The fourth-order valence-corrected chi connectivity index (χ4v) is 2.92. The van der Waals surface area contributed by atoms with Gasteiger partial charge in [0.2, 0.25) is 0 Å². The fraction of sp³-hybridized carbons (Fsp3) is 0.364. The van der Waals surface area contributed by atoms with Crippen molar-refractivity contribution in [2.45, 2.75) is 25.8 Å². The third kappa shape index (κ3) is 2.48. The molecule has 0 aliphatic carbocycles. The average Bonchev–Trinajstić information content (AvgIpc) is 2.45. The SMILES string of the molecule is CC(C)(N)Cc1nc2cccc(Cl)c2s1. The Morgan fingerprint density at radius 2 is 2.20 bits per heavy atom. The quantitative estimate of drug-likeness (QED) is 0.876. The summed E-state index contributed by atoms with van der Waals surface area (Å²) in [4.78, 5) is 4.51. The third-order valence-electron chi connectivity index (χ3n) is 2.02. The number of thiazole rings is 1. The van der Waals surface area contributed by atoms with Crippen molar-refractivity contribution >= 4 is 33.2 Å². The van der Waals surface area contributed by atoms with Crippen molar-refractivity contribution in [3.63, 3.8) is 0 Å². The summed E-state index contributed by atoms with van der Waals surface area (Å²) in [5, 5.41) is 1.82. The molecule has 2 nitrogen and oxygen atoms in total. The van der Waals surface area contributed by atoms with E-state index in [-0.39, 0.29) is 5.54 Å². The Morgan fingerprint density at radius 1 is 1.47 bits per heavy atom. The van der Waals surface area contributed by atoms with Crippen molar-refractivity contribution in [3.05, 3.63) is 28.2 Å². The summed E-state index contributed by atoms with van der Waals surface area (Å²) < 4.78 is 1.05. The molecule has 1 aromatic heterocycles. The highest BCUT2D eigenvalue weighted by atomic mass is 35.5. The molecule has 4 heteroatoms. The van der Waals surface area contributed by atoms with Crippen molar-refractivity contribution in [2.24, 2.45) is 5.73 Å². The zero-order chi connectivity index (χ0) is 11.1. The Kier molecular flexibility index (Phi) is 2.71. The third-order valence-corrected chi connectivity index (χ3v) is 3.55. The van der Waals surface area contributed by atoms with Crippen molar-refractivity contribution in [1.82, 2.24) is 4.98 Å². The first kappa shape index (κ1) is 10.9. The van der Waals surface area contributed by atoms with Gasteiger partial charge in [0.05, 0.1) is 20.2 Å². The topological polar surface area (TPSA) is 38.9 Å². The maximum Gasteiger partial charge on any atom is 0.0957 e. The summed E-state index contributed by atoms with van der Waals surface area (Å²) in [5.41, 5.74) is 6.70. The molecule has 0 amide bonds. The van der Waals surface area contributed by atoms with Gasteiger partial charge in [0.15, 0.2) is 0 Å². The van der Waals surface area contributed by atoms with Gasteiger partial charge in [-0.15, -0.1) is 11.3 Å². The molecule has 0 atom stereocenters. The fourth-order valence-electron chi connectivity index (χ4n) is 1.43. The largest absolute Gasteiger partial charge is 0.325 e. The van der Waals surface area contributed by atoms with Crippen LogP contribution in [-0.2, 0) is 6.42 Å². The lowest BCUT2D eigenvalue weighted by molar-refractivity contribution is 0.516. The van der Waals surface area contributed by atoms with Crippen molar-refractivity contribution in [2.75, 3.05) is 0 Å². The number of rotatable bonds is 2. The number of hydrogen-bond donors (Lipinski definition) is 1. The Bertz CT molecular complexity index is 485. The molecule has 0 bridgehead atoms. The lowest BCUT2D eigenvalue weighted by atomic mass is 10.0. The highest BCUT2D eigenvalue weighted by molar-refractivity contribution is 7.19. The molecular formula is C11H13ClN2S. The van der Waals surface area contributed by atoms with E-state index in [1.807, 2.05) is 32.0 Å². The van der Waals surface area contributed by atoms with Gasteiger partial charge in [-0.25, -0.2) is 4.98 Å². The molecule has 2 rings (SSSR count). The molecule has 80 valence electrons. The van der Waals surface area contributed by atoms with Gasteiger partial charge in [-0.1, -0.05) is 17.7 Å². The van der Waals surface area contributed by atoms with Crippen LogP contribution >= 0.6 is 22.9 Å². The molecule has 0 aliphatic heterocycles. The Labute approximate surface area is 98.1 Å². The predicted molar refractivity (Wildman–Crippen MR) is 66.6 cm³/mol. The molecule has 0 saturated heterocycles. The van der Waals surface area contributed by atoms with Gasteiger partial charge in [-0.2, -0.15) is 0 Å². The summed E-state index contributed by atoms with van der Waals surface area (Å²) in [6.45, 7) is 4.00. The number of nitrogens with two attached hydrogens (primary N) is 1. The van der Waals surface area contributed by atoms with Gasteiger partial charge in [0.1, 0.15) is 0 Å². The maximum atomic E-state index is 6.08. The normalized spacial score (nSPS) is 12.3. The lowest BCUT2D eigenvalue weighted by Gasteiger charge is -2.15. The molecule has 0 fully saturated rings. The van der Waals surface area contributed by atoms with E-state index in [9.17, 15) is 0 Å². The minimum atomic E-state index is -0.222. The van der Waals surface area contributed by atoms with E-state index < -0.39 is 0 Å².